The Morgan fingerprint density at radius 1 is 1.23 bits per heavy atom. The van der Waals surface area contributed by atoms with Gasteiger partial charge in [0.1, 0.15) is 0 Å². The lowest BCUT2D eigenvalue weighted by atomic mass is 9.96. The van der Waals surface area contributed by atoms with Gasteiger partial charge in [0.15, 0.2) is 5.96 Å². The lowest BCUT2D eigenvalue weighted by Gasteiger charge is -2.20. The number of halogens is 1. The van der Waals surface area contributed by atoms with Crippen LogP contribution in [0.3, 0.4) is 0 Å². The monoisotopic (exact) mass is 494 g/mol. The number of nitrogens with zero attached hydrogens (tertiary/aromatic N) is 2. The zero-order valence-corrected chi connectivity index (χ0v) is 19.0. The highest BCUT2D eigenvalue weighted by Crippen LogP contribution is 2.47. The molecule has 0 heterocycles. The molecule has 0 amide bonds. The molecule has 148 valence electrons. The molecule has 26 heavy (non-hydrogen) atoms. The van der Waals surface area contributed by atoms with Gasteiger partial charge in [0, 0.05) is 39.1 Å². The van der Waals surface area contributed by atoms with Crippen LogP contribution in [0.1, 0.15) is 31.7 Å². The minimum absolute atomic E-state index is 0. The summed E-state index contributed by atoms with van der Waals surface area (Å²) in [5.74, 6) is 0.907. The molecule has 6 nitrogen and oxygen atoms in total. The van der Waals surface area contributed by atoms with Gasteiger partial charge in [0.25, 0.3) is 0 Å². The predicted octanol–water partition coefficient (Wildman–Crippen LogP) is 2.17. The van der Waals surface area contributed by atoms with Gasteiger partial charge in [-0.25, -0.2) is 12.7 Å². The van der Waals surface area contributed by atoms with E-state index in [-0.39, 0.29) is 35.1 Å². The summed E-state index contributed by atoms with van der Waals surface area (Å²) in [5, 5.41) is 6.67. The minimum atomic E-state index is -3.10. The molecular weight excluding hydrogens is 463 g/mol. The molecule has 1 aliphatic rings. The molecule has 2 N–H and O–H groups in total. The van der Waals surface area contributed by atoms with E-state index in [1.165, 1.54) is 22.7 Å². The van der Waals surface area contributed by atoms with E-state index in [0.717, 1.165) is 18.9 Å². The van der Waals surface area contributed by atoms with Gasteiger partial charge in [-0.15, -0.1) is 24.0 Å². The van der Waals surface area contributed by atoms with E-state index in [2.05, 4.69) is 39.9 Å². The van der Waals surface area contributed by atoms with Gasteiger partial charge in [-0.1, -0.05) is 30.3 Å². The number of hydrogen-bond donors (Lipinski definition) is 2. The third-order valence-electron chi connectivity index (χ3n) is 4.84. The smallest absolute Gasteiger partial charge is 0.213 e. The summed E-state index contributed by atoms with van der Waals surface area (Å²) >= 11 is 0. The molecule has 1 aliphatic carbocycles. The van der Waals surface area contributed by atoms with Crippen molar-refractivity contribution in [3.05, 3.63) is 35.9 Å². The van der Waals surface area contributed by atoms with Gasteiger partial charge in [-0.2, -0.15) is 0 Å². The molecule has 1 aromatic rings. The van der Waals surface area contributed by atoms with Crippen LogP contribution in [0.4, 0.5) is 0 Å². The van der Waals surface area contributed by atoms with E-state index >= 15 is 0 Å². The summed E-state index contributed by atoms with van der Waals surface area (Å²) in [6.45, 7) is 3.72. The highest BCUT2D eigenvalue weighted by molar-refractivity contribution is 14.0. The van der Waals surface area contributed by atoms with Crippen molar-refractivity contribution in [1.82, 2.24) is 14.9 Å². The lowest BCUT2D eigenvalue weighted by Crippen LogP contribution is -2.42. The summed E-state index contributed by atoms with van der Waals surface area (Å²) in [6.07, 6.45) is 3.13. The first-order valence-corrected chi connectivity index (χ1v) is 10.5. The third kappa shape index (κ3) is 6.38. The fourth-order valence-corrected chi connectivity index (χ4v) is 3.70. The highest BCUT2D eigenvalue weighted by atomic mass is 127. The predicted molar refractivity (Wildman–Crippen MR) is 119 cm³/mol. The largest absolute Gasteiger partial charge is 0.356 e. The van der Waals surface area contributed by atoms with Crippen molar-refractivity contribution in [2.45, 2.75) is 31.6 Å². The van der Waals surface area contributed by atoms with Crippen LogP contribution in [0.15, 0.2) is 35.3 Å². The van der Waals surface area contributed by atoms with Gasteiger partial charge >= 0.3 is 0 Å². The molecule has 0 spiro atoms. The van der Waals surface area contributed by atoms with E-state index in [9.17, 15) is 8.42 Å². The molecule has 0 aromatic heterocycles. The first kappa shape index (κ1) is 23.2. The number of rotatable bonds is 9. The SMILES string of the molecule is CCS(=O)(=O)N(C)CCCNC(=NC)NCC1(c2ccccc2)CC1.I. The minimum Gasteiger partial charge on any atom is -0.356 e. The van der Waals surface area contributed by atoms with Crippen LogP contribution in [-0.4, -0.2) is 58.2 Å². The molecule has 8 heteroatoms. The Hall–Kier alpha value is -0.870. The van der Waals surface area contributed by atoms with E-state index in [1.54, 1.807) is 21.0 Å². The van der Waals surface area contributed by atoms with Gasteiger partial charge in [0.05, 0.1) is 5.75 Å². The van der Waals surface area contributed by atoms with Gasteiger partial charge < -0.3 is 10.6 Å². The Morgan fingerprint density at radius 2 is 1.88 bits per heavy atom. The van der Waals surface area contributed by atoms with Crippen LogP contribution in [0.5, 0.6) is 0 Å². The summed E-state index contributed by atoms with van der Waals surface area (Å²) in [6, 6.07) is 10.6. The van der Waals surface area contributed by atoms with Crippen molar-refractivity contribution in [3.63, 3.8) is 0 Å². The quantitative estimate of drug-likeness (QED) is 0.239. The zero-order chi connectivity index (χ0) is 18.3. The number of sulfonamides is 1. The van der Waals surface area contributed by atoms with Gasteiger partial charge in [-0.05, 0) is 31.7 Å². The van der Waals surface area contributed by atoms with Crippen molar-refractivity contribution >= 4 is 40.0 Å². The molecule has 0 saturated heterocycles. The maximum atomic E-state index is 11.7. The summed E-state index contributed by atoms with van der Waals surface area (Å²) < 4.78 is 24.8. The molecule has 1 aromatic carbocycles. The fourth-order valence-electron chi connectivity index (χ4n) is 2.85. The molecular formula is C18H31IN4O2S. The van der Waals surface area contributed by atoms with Gasteiger partial charge in [-0.3, -0.25) is 4.99 Å². The van der Waals surface area contributed by atoms with E-state index in [4.69, 9.17) is 0 Å². The van der Waals surface area contributed by atoms with Crippen molar-refractivity contribution in [1.29, 1.82) is 0 Å². The Labute approximate surface area is 174 Å². The van der Waals surface area contributed by atoms with E-state index in [1.807, 2.05) is 6.07 Å². The average Bonchev–Trinajstić information content (AvgIpc) is 3.42. The molecule has 0 radical (unpaired) electrons. The Bertz CT molecular complexity index is 676. The number of benzene rings is 1. The third-order valence-corrected chi connectivity index (χ3v) is 6.70. The van der Waals surface area contributed by atoms with Crippen LogP contribution >= 0.6 is 24.0 Å². The fraction of sp³-hybridized carbons (Fsp3) is 0.611. The average molecular weight is 494 g/mol. The van der Waals surface area contributed by atoms with Crippen molar-refractivity contribution in [2.24, 2.45) is 4.99 Å². The number of guanidine groups is 1. The second-order valence-corrected chi connectivity index (χ2v) is 8.94. The van der Waals surface area contributed by atoms with Crippen molar-refractivity contribution < 1.29 is 8.42 Å². The summed E-state index contributed by atoms with van der Waals surface area (Å²) in [7, 11) is 0.286. The maximum absolute atomic E-state index is 11.7. The van der Waals surface area contributed by atoms with Crippen LogP contribution in [-0.2, 0) is 15.4 Å². The first-order valence-electron chi connectivity index (χ1n) is 8.87. The molecule has 0 bridgehead atoms. The summed E-state index contributed by atoms with van der Waals surface area (Å²) in [4.78, 5) is 4.26. The van der Waals surface area contributed by atoms with Crippen LogP contribution < -0.4 is 10.6 Å². The van der Waals surface area contributed by atoms with Crippen LogP contribution in [0.25, 0.3) is 0 Å². The highest BCUT2D eigenvalue weighted by Gasteiger charge is 2.43. The van der Waals surface area contributed by atoms with Crippen molar-refractivity contribution in [2.75, 3.05) is 39.5 Å². The van der Waals surface area contributed by atoms with E-state index in [0.29, 0.717) is 13.1 Å². The Kier molecular flexibility index (Phi) is 9.32. The second-order valence-electron chi connectivity index (χ2n) is 6.57. The number of hydrogen-bond acceptors (Lipinski definition) is 3. The molecule has 0 aliphatic heterocycles. The molecule has 2 rings (SSSR count). The molecule has 0 unspecified atom stereocenters. The molecule has 1 saturated carbocycles. The Balaban J connectivity index is 0.00000338. The topological polar surface area (TPSA) is 73.8 Å². The maximum Gasteiger partial charge on any atom is 0.213 e. The zero-order valence-electron chi connectivity index (χ0n) is 15.9. The number of nitrogens with one attached hydrogen (secondary N) is 2. The lowest BCUT2D eigenvalue weighted by molar-refractivity contribution is 0.461. The first-order chi connectivity index (χ1) is 11.9. The second kappa shape index (κ2) is 10.5. The number of aliphatic imine (C=N–C) groups is 1. The van der Waals surface area contributed by atoms with Crippen LogP contribution in [0.2, 0.25) is 0 Å². The standard InChI is InChI=1S/C18H30N4O2S.HI/c1-4-25(23,24)22(3)14-8-13-20-17(19-2)21-15-18(11-12-18)16-9-6-5-7-10-16;/h5-7,9-10H,4,8,11-15H2,1-3H3,(H2,19,20,21);1H. The summed E-state index contributed by atoms with van der Waals surface area (Å²) in [5.41, 5.74) is 1.61. The van der Waals surface area contributed by atoms with Crippen molar-refractivity contribution in [3.8, 4) is 0 Å². The Morgan fingerprint density at radius 3 is 2.42 bits per heavy atom. The molecule has 0 atom stereocenters. The van der Waals surface area contributed by atoms with E-state index < -0.39 is 10.0 Å². The van der Waals surface area contributed by atoms with Gasteiger partial charge in [0.2, 0.25) is 10.0 Å². The normalized spacial score (nSPS) is 16.1. The van der Waals surface area contributed by atoms with Crippen LogP contribution in [0, 0.1) is 0 Å². The molecule has 1 fully saturated rings.